The van der Waals surface area contributed by atoms with E-state index in [1.807, 2.05) is 6.55 Å². The molecule has 0 rings (SSSR count). The van der Waals surface area contributed by atoms with Crippen molar-refractivity contribution in [2.45, 2.75) is 19.0 Å². The molecule has 9 heteroatoms. The first-order valence-electron chi connectivity index (χ1n) is 5.94. The Morgan fingerprint density at radius 3 is 1.26 bits per heavy atom. The maximum atomic E-state index is 5.36. The Morgan fingerprint density at radius 2 is 1.11 bits per heavy atom. The molecule has 0 aromatic carbocycles. The number of nitrogens with two attached hydrogens (primary N) is 1. The van der Waals surface area contributed by atoms with Crippen molar-refractivity contribution in [2.24, 2.45) is 5.73 Å². The highest BCUT2D eigenvalue weighted by Gasteiger charge is 2.40. The molecule has 0 saturated carbocycles. The Balaban J connectivity index is 0. The highest BCUT2D eigenvalue weighted by Crippen LogP contribution is 2.12. The molecule has 0 aromatic rings. The minimum Gasteiger partial charge on any atom is -0.398 e. The summed E-state index contributed by atoms with van der Waals surface area (Å²) in [4.78, 5) is 0. The van der Waals surface area contributed by atoms with E-state index in [1.54, 1.807) is 14.2 Å². The molecule has 0 saturated heterocycles. The van der Waals surface area contributed by atoms with Crippen LogP contribution in [-0.2, 0) is 26.6 Å². The van der Waals surface area contributed by atoms with Gasteiger partial charge in [0.05, 0.1) is 0 Å². The van der Waals surface area contributed by atoms with Crippen molar-refractivity contribution in [3.05, 3.63) is 0 Å². The summed E-state index contributed by atoms with van der Waals surface area (Å²) in [6, 6.07) is 0.983. The van der Waals surface area contributed by atoms with Crippen molar-refractivity contribution in [1.29, 1.82) is 0 Å². The molecular formula is C10H29NO6Si2. The van der Waals surface area contributed by atoms with E-state index in [4.69, 9.17) is 32.3 Å². The average Bonchev–Trinajstić information content (AvgIpc) is 2.48. The molecule has 0 aliphatic rings. The van der Waals surface area contributed by atoms with Gasteiger partial charge in [0.1, 0.15) is 0 Å². The van der Waals surface area contributed by atoms with Gasteiger partial charge < -0.3 is 32.3 Å². The van der Waals surface area contributed by atoms with Gasteiger partial charge in [-0.05, 0) is 25.6 Å². The van der Waals surface area contributed by atoms with Crippen molar-refractivity contribution in [3.63, 3.8) is 0 Å². The van der Waals surface area contributed by atoms with Gasteiger partial charge in [-0.3, -0.25) is 0 Å². The number of hydrogen-bond donors (Lipinski definition) is 1. The van der Waals surface area contributed by atoms with Gasteiger partial charge in [-0.15, -0.1) is 0 Å². The van der Waals surface area contributed by atoms with Crippen molar-refractivity contribution in [1.82, 2.24) is 0 Å². The molecule has 0 atom stereocenters. The summed E-state index contributed by atoms with van der Waals surface area (Å²) in [7, 11) is 4.87. The molecule has 0 unspecified atom stereocenters. The molecule has 7 nitrogen and oxygen atoms in total. The lowest BCUT2D eigenvalue weighted by Crippen LogP contribution is -2.45. The van der Waals surface area contributed by atoms with Crippen LogP contribution in [0.4, 0.5) is 0 Å². The quantitative estimate of drug-likeness (QED) is 0.627. The SMILES string of the molecule is CO[Si](C)(CCCN)OC.CO[Si](OC)(OC)OC. The van der Waals surface area contributed by atoms with Crippen LogP contribution in [0.25, 0.3) is 0 Å². The smallest absolute Gasteiger partial charge is 0.398 e. The molecule has 0 spiro atoms. The first kappa shape index (κ1) is 21.5. The Hall–Kier alpha value is 0.154. The fraction of sp³-hybridized carbons (Fsp3) is 1.00. The molecular weight excluding hydrogens is 286 g/mol. The normalized spacial score (nSPS) is 12.0. The monoisotopic (exact) mass is 315 g/mol. The summed E-state index contributed by atoms with van der Waals surface area (Å²) in [5.41, 5.74) is 5.36. The fourth-order valence-corrected chi connectivity index (χ4v) is 3.63. The zero-order valence-corrected chi connectivity index (χ0v) is 15.1. The molecule has 118 valence electrons. The van der Waals surface area contributed by atoms with Gasteiger partial charge in [-0.25, -0.2) is 0 Å². The lowest BCUT2D eigenvalue weighted by atomic mass is 10.5. The van der Waals surface area contributed by atoms with Crippen molar-refractivity contribution in [3.8, 4) is 0 Å². The Morgan fingerprint density at radius 1 is 0.737 bits per heavy atom. The molecule has 0 aliphatic carbocycles. The van der Waals surface area contributed by atoms with E-state index in [9.17, 15) is 0 Å². The molecule has 0 bridgehead atoms. The van der Waals surface area contributed by atoms with E-state index in [1.165, 1.54) is 28.4 Å². The third-order valence-corrected chi connectivity index (χ3v) is 7.69. The Labute approximate surface area is 119 Å². The van der Waals surface area contributed by atoms with Gasteiger partial charge in [0.15, 0.2) is 0 Å². The predicted molar refractivity (Wildman–Crippen MR) is 77.9 cm³/mol. The van der Waals surface area contributed by atoms with Crippen LogP contribution in [0.1, 0.15) is 6.42 Å². The topological polar surface area (TPSA) is 81.4 Å². The van der Waals surface area contributed by atoms with E-state index in [2.05, 4.69) is 0 Å². The minimum absolute atomic E-state index is 0.718. The van der Waals surface area contributed by atoms with Crippen LogP contribution in [0.5, 0.6) is 0 Å². The second-order valence-corrected chi connectivity index (χ2v) is 9.97. The molecule has 19 heavy (non-hydrogen) atoms. The van der Waals surface area contributed by atoms with Gasteiger partial charge in [-0.2, -0.15) is 0 Å². The standard InChI is InChI=1S/C6H17NO2Si.C4H12O4Si/c1-8-10(3,9-2)6-4-5-7;1-5-9(6-2,7-3)8-4/h4-7H2,1-3H3;1-4H3. The molecule has 0 heterocycles. The summed E-state index contributed by atoms with van der Waals surface area (Å²) in [5.74, 6) is 0. The van der Waals surface area contributed by atoms with Crippen LogP contribution >= 0.6 is 0 Å². The molecule has 0 aliphatic heterocycles. The van der Waals surface area contributed by atoms with E-state index in [0.29, 0.717) is 0 Å². The van der Waals surface area contributed by atoms with Gasteiger partial charge in [0.25, 0.3) is 0 Å². The Kier molecular flexibility index (Phi) is 13.5. The summed E-state index contributed by atoms with van der Waals surface area (Å²) < 4.78 is 29.9. The van der Waals surface area contributed by atoms with Crippen LogP contribution in [0.15, 0.2) is 0 Å². The van der Waals surface area contributed by atoms with Crippen LogP contribution in [0.3, 0.4) is 0 Å². The minimum atomic E-state index is -2.69. The lowest BCUT2D eigenvalue weighted by Gasteiger charge is -2.21. The fourth-order valence-electron chi connectivity index (χ4n) is 1.21. The van der Waals surface area contributed by atoms with Crippen molar-refractivity contribution < 1.29 is 26.6 Å². The van der Waals surface area contributed by atoms with Gasteiger partial charge in [0.2, 0.25) is 0 Å². The number of rotatable bonds is 9. The predicted octanol–water partition coefficient (Wildman–Crippen LogP) is 0.708. The summed E-state index contributed by atoms with van der Waals surface area (Å²) in [6.45, 7) is 2.76. The highest BCUT2D eigenvalue weighted by atomic mass is 28.4. The number of hydrogen-bond acceptors (Lipinski definition) is 7. The second kappa shape index (κ2) is 11.9. The molecule has 2 N–H and O–H groups in total. The van der Waals surface area contributed by atoms with E-state index in [-0.39, 0.29) is 0 Å². The van der Waals surface area contributed by atoms with Crippen molar-refractivity contribution >= 4 is 17.6 Å². The highest BCUT2D eigenvalue weighted by molar-refractivity contribution is 6.65. The van der Waals surface area contributed by atoms with Crippen LogP contribution in [-0.4, -0.2) is 66.8 Å². The zero-order valence-electron chi connectivity index (χ0n) is 13.1. The molecule has 0 fully saturated rings. The van der Waals surface area contributed by atoms with Crippen LogP contribution in [0, 0.1) is 0 Å². The maximum Gasteiger partial charge on any atom is 0.678 e. The van der Waals surface area contributed by atoms with E-state index in [0.717, 1.165) is 19.0 Å². The van der Waals surface area contributed by atoms with E-state index >= 15 is 0 Å². The molecule has 0 radical (unpaired) electrons. The summed E-state index contributed by atoms with van der Waals surface area (Å²) in [6.07, 6.45) is 0.990. The van der Waals surface area contributed by atoms with Gasteiger partial charge >= 0.3 is 17.6 Å². The maximum absolute atomic E-state index is 5.36. The first-order chi connectivity index (χ1) is 8.92. The third kappa shape index (κ3) is 8.84. The average molecular weight is 316 g/mol. The van der Waals surface area contributed by atoms with Crippen molar-refractivity contribution in [2.75, 3.05) is 49.2 Å². The summed E-state index contributed by atoms with van der Waals surface area (Å²) >= 11 is 0. The van der Waals surface area contributed by atoms with Gasteiger partial charge in [-0.1, -0.05) is 0 Å². The summed E-state index contributed by atoms with van der Waals surface area (Å²) in [5, 5.41) is 0. The molecule has 0 aromatic heterocycles. The second-order valence-electron chi connectivity index (χ2n) is 3.75. The van der Waals surface area contributed by atoms with E-state index < -0.39 is 17.6 Å². The largest absolute Gasteiger partial charge is 0.678 e. The van der Waals surface area contributed by atoms with Crippen LogP contribution in [0.2, 0.25) is 12.6 Å². The van der Waals surface area contributed by atoms with Crippen LogP contribution < -0.4 is 5.73 Å². The third-order valence-electron chi connectivity index (χ3n) is 2.70. The first-order valence-corrected chi connectivity index (χ1v) is 10.1. The zero-order chi connectivity index (χ0) is 15.4. The molecule has 0 amide bonds. The van der Waals surface area contributed by atoms with Gasteiger partial charge in [0, 0.05) is 42.7 Å². The Bertz CT molecular complexity index is 185. The lowest BCUT2D eigenvalue weighted by molar-refractivity contribution is 0.0226.